The highest BCUT2D eigenvalue weighted by molar-refractivity contribution is 5.98. The number of benzene rings is 3. The van der Waals surface area contributed by atoms with Crippen LogP contribution in [0.2, 0.25) is 0 Å². The first kappa shape index (κ1) is 36.2. The van der Waals surface area contributed by atoms with Crippen LogP contribution in [0.3, 0.4) is 0 Å². The Balaban J connectivity index is 1.17. The Morgan fingerprint density at radius 1 is 0.961 bits per heavy atom. The number of non-ortho nitro benzene ring substituents is 1. The van der Waals surface area contributed by atoms with Crippen LogP contribution >= 0.6 is 0 Å². The van der Waals surface area contributed by atoms with Gasteiger partial charge in [0.2, 0.25) is 5.91 Å². The topological polar surface area (TPSA) is 138 Å². The third-order valence-electron chi connectivity index (χ3n) is 9.84. The number of aliphatic hydroxyl groups excluding tert-OH is 1. The quantitative estimate of drug-likeness (QED) is 0.227. The van der Waals surface area contributed by atoms with Crippen LogP contribution in [0.25, 0.3) is 0 Å². The molecule has 3 heterocycles. The molecule has 3 aromatic carbocycles. The van der Waals surface area contributed by atoms with E-state index in [2.05, 4.69) is 22.0 Å². The monoisotopic (exact) mass is 711 g/mol. The summed E-state index contributed by atoms with van der Waals surface area (Å²) in [5.74, 6) is -2.81. The summed E-state index contributed by atoms with van der Waals surface area (Å²) in [7, 11) is 0. The number of amides is 2. The highest BCUT2D eigenvalue weighted by Gasteiger charge is 2.48. The Kier molecular flexibility index (Phi) is 10.9. The van der Waals surface area contributed by atoms with Gasteiger partial charge in [0.25, 0.3) is 5.69 Å². The number of alkyl halides is 3. The molecule has 51 heavy (non-hydrogen) atoms. The highest BCUT2D eigenvalue weighted by atomic mass is 19.4. The van der Waals surface area contributed by atoms with Crippen molar-refractivity contribution in [1.82, 2.24) is 9.80 Å². The molecule has 0 aromatic heterocycles. The van der Waals surface area contributed by atoms with Crippen molar-refractivity contribution in [1.29, 1.82) is 0 Å². The van der Waals surface area contributed by atoms with Gasteiger partial charge in [-0.05, 0) is 48.2 Å². The van der Waals surface area contributed by atoms with Gasteiger partial charge >= 0.3 is 12.1 Å². The number of halogens is 3. The minimum atomic E-state index is -5.07. The standard InChI is InChI=1S/C36H40F3N5O7/c1-23-31(21-41-16-18-42(19-17-41)28-11-13-29(14-12-28)44(48)49)50-34(51-32(23)25-9-7-24(22-45)8-10-25)26-4-2-5-27(20-26)40-33(46)30-6-3-15-43(30)35(47)36(37,38)39/h2,4-5,7-14,20,23,30-32,34,45H,3,6,15-19,21-22H2,1H3,(H,40,46)/t23-,30-,31+,32+,34+/m0/s1. The predicted octanol–water partition coefficient (Wildman–Crippen LogP) is 5.19. The second-order valence-electron chi connectivity index (χ2n) is 13.2. The van der Waals surface area contributed by atoms with Gasteiger partial charge in [-0.2, -0.15) is 13.2 Å². The molecule has 0 saturated carbocycles. The number of hydrogen-bond donors (Lipinski definition) is 2. The molecule has 0 unspecified atom stereocenters. The normalized spacial score (nSPS) is 24.4. The van der Waals surface area contributed by atoms with Crippen molar-refractivity contribution in [3.63, 3.8) is 0 Å². The van der Waals surface area contributed by atoms with E-state index in [0.29, 0.717) is 22.7 Å². The summed E-state index contributed by atoms with van der Waals surface area (Å²) < 4.78 is 52.6. The molecule has 3 aliphatic rings. The van der Waals surface area contributed by atoms with Crippen LogP contribution in [0, 0.1) is 16.0 Å². The van der Waals surface area contributed by atoms with Crippen LogP contribution in [0.5, 0.6) is 0 Å². The lowest BCUT2D eigenvalue weighted by molar-refractivity contribution is -0.384. The maximum Gasteiger partial charge on any atom is 0.471 e. The van der Waals surface area contributed by atoms with E-state index in [9.17, 15) is 38.0 Å². The van der Waals surface area contributed by atoms with Crippen LogP contribution in [-0.4, -0.2) is 89.2 Å². The molecule has 12 nitrogen and oxygen atoms in total. The summed E-state index contributed by atoms with van der Waals surface area (Å²) >= 11 is 0. The summed E-state index contributed by atoms with van der Waals surface area (Å²) in [5, 5.41) is 23.3. The Hall–Kier alpha value is -4.57. The predicted molar refractivity (Wildman–Crippen MR) is 181 cm³/mol. The smallest absolute Gasteiger partial charge is 0.392 e. The van der Waals surface area contributed by atoms with E-state index in [4.69, 9.17) is 9.47 Å². The fourth-order valence-corrected chi connectivity index (χ4v) is 6.99. The number of carbonyl (C=O) groups is 2. The number of nitrogens with zero attached hydrogens (tertiary/aromatic N) is 4. The van der Waals surface area contributed by atoms with Crippen molar-refractivity contribution in [3.05, 3.63) is 99.6 Å². The number of rotatable bonds is 9. The summed E-state index contributed by atoms with van der Waals surface area (Å²) in [6, 6.07) is 19.6. The molecule has 0 aliphatic carbocycles. The molecule has 5 atom stereocenters. The van der Waals surface area contributed by atoms with Gasteiger partial charge < -0.3 is 29.7 Å². The number of anilines is 2. The fraction of sp³-hybridized carbons (Fsp3) is 0.444. The molecular formula is C36H40F3N5O7. The SMILES string of the molecule is C[C@H]1[C@@H](CN2CCN(c3ccc([N+](=O)[O-])cc3)CC2)O[C@@H](c2cccc(NC(=O)[C@@H]3CCCN3C(=O)C(F)(F)F)c2)O[C@H]1c1ccc(CO)cc1. The third kappa shape index (κ3) is 8.33. The second kappa shape index (κ2) is 15.4. The first-order valence-electron chi connectivity index (χ1n) is 16.9. The fourth-order valence-electron chi connectivity index (χ4n) is 6.99. The van der Waals surface area contributed by atoms with E-state index in [-0.39, 0.29) is 49.8 Å². The van der Waals surface area contributed by atoms with Gasteiger partial charge in [0.15, 0.2) is 6.29 Å². The van der Waals surface area contributed by atoms with E-state index >= 15 is 0 Å². The number of ether oxygens (including phenoxy) is 2. The number of likely N-dealkylation sites (tertiary alicyclic amines) is 1. The third-order valence-corrected chi connectivity index (χ3v) is 9.84. The zero-order chi connectivity index (χ0) is 36.3. The molecule has 3 aliphatic heterocycles. The summed E-state index contributed by atoms with van der Waals surface area (Å²) in [6.45, 7) is 5.34. The molecule has 3 aromatic rings. The van der Waals surface area contributed by atoms with Crippen LogP contribution < -0.4 is 10.2 Å². The van der Waals surface area contributed by atoms with Gasteiger partial charge in [-0.25, -0.2) is 0 Å². The molecular weight excluding hydrogens is 671 g/mol. The van der Waals surface area contributed by atoms with Crippen molar-refractivity contribution in [3.8, 4) is 0 Å². The number of hydrogen-bond acceptors (Lipinski definition) is 9. The minimum Gasteiger partial charge on any atom is -0.392 e. The van der Waals surface area contributed by atoms with Gasteiger partial charge in [0.1, 0.15) is 6.04 Å². The van der Waals surface area contributed by atoms with Crippen molar-refractivity contribution < 1.29 is 42.3 Å². The van der Waals surface area contributed by atoms with E-state index in [0.717, 1.165) is 43.0 Å². The molecule has 3 saturated heterocycles. The van der Waals surface area contributed by atoms with E-state index < -0.39 is 35.2 Å². The number of carbonyl (C=O) groups excluding carboxylic acids is 2. The van der Waals surface area contributed by atoms with E-state index in [1.54, 1.807) is 36.4 Å². The van der Waals surface area contributed by atoms with Crippen molar-refractivity contribution in [2.75, 3.05) is 49.5 Å². The van der Waals surface area contributed by atoms with Crippen molar-refractivity contribution in [2.24, 2.45) is 5.92 Å². The molecule has 0 radical (unpaired) electrons. The summed E-state index contributed by atoms with van der Waals surface area (Å²) in [4.78, 5) is 40.8. The van der Waals surface area contributed by atoms with E-state index in [1.165, 1.54) is 12.1 Å². The Labute approximate surface area is 292 Å². The number of nitrogens with one attached hydrogen (secondary N) is 1. The zero-order valence-corrected chi connectivity index (χ0v) is 28.0. The molecule has 272 valence electrons. The maximum absolute atomic E-state index is 13.2. The Morgan fingerprint density at radius 2 is 1.67 bits per heavy atom. The van der Waals surface area contributed by atoms with Gasteiger partial charge in [-0.15, -0.1) is 0 Å². The first-order chi connectivity index (χ1) is 24.4. The number of piperazine rings is 1. The van der Waals surface area contributed by atoms with E-state index in [1.807, 2.05) is 24.3 Å². The molecule has 2 N–H and O–H groups in total. The first-order valence-corrected chi connectivity index (χ1v) is 16.9. The maximum atomic E-state index is 13.2. The van der Waals surface area contributed by atoms with Crippen LogP contribution in [0.15, 0.2) is 72.8 Å². The van der Waals surface area contributed by atoms with Crippen molar-refractivity contribution in [2.45, 2.75) is 57.1 Å². The Bertz CT molecular complexity index is 1700. The molecule has 0 spiro atoms. The molecule has 3 fully saturated rings. The summed E-state index contributed by atoms with van der Waals surface area (Å²) in [6.07, 6.45) is -6.17. The van der Waals surface area contributed by atoms with Crippen molar-refractivity contribution >= 4 is 28.9 Å². The molecule has 15 heteroatoms. The van der Waals surface area contributed by atoms with Gasteiger partial charge in [0, 0.05) is 74.3 Å². The van der Waals surface area contributed by atoms with Crippen LogP contribution in [0.4, 0.5) is 30.2 Å². The lowest BCUT2D eigenvalue weighted by atomic mass is 9.90. The minimum absolute atomic E-state index is 0.0453. The largest absolute Gasteiger partial charge is 0.471 e. The Morgan fingerprint density at radius 3 is 2.31 bits per heavy atom. The zero-order valence-electron chi connectivity index (χ0n) is 28.0. The van der Waals surface area contributed by atoms with Gasteiger partial charge in [-0.1, -0.05) is 43.3 Å². The van der Waals surface area contributed by atoms with Crippen LogP contribution in [0.1, 0.15) is 48.8 Å². The molecule has 2 amide bonds. The number of aliphatic hydroxyl groups is 1. The lowest BCUT2D eigenvalue weighted by Gasteiger charge is -2.44. The average Bonchev–Trinajstić information content (AvgIpc) is 3.62. The molecule has 6 rings (SSSR count). The second-order valence-corrected chi connectivity index (χ2v) is 13.2. The van der Waals surface area contributed by atoms with Crippen LogP contribution in [-0.2, 0) is 25.7 Å². The van der Waals surface area contributed by atoms with Gasteiger partial charge in [-0.3, -0.25) is 24.6 Å². The summed E-state index contributed by atoms with van der Waals surface area (Å²) in [5.41, 5.74) is 3.56. The molecule has 0 bridgehead atoms. The number of nitro groups is 1. The highest BCUT2D eigenvalue weighted by Crippen LogP contribution is 2.42. The lowest BCUT2D eigenvalue weighted by Crippen LogP contribution is -2.51. The average molecular weight is 712 g/mol. The number of nitro benzene ring substituents is 1. The van der Waals surface area contributed by atoms with Gasteiger partial charge in [0.05, 0.1) is 23.7 Å².